The van der Waals surface area contributed by atoms with E-state index in [9.17, 15) is 4.79 Å². The number of aromatic nitrogens is 3. The van der Waals surface area contributed by atoms with E-state index in [4.69, 9.17) is 4.74 Å². The lowest BCUT2D eigenvalue weighted by molar-refractivity contribution is 0.00791. The highest BCUT2D eigenvalue weighted by atomic mass is 32.1. The highest BCUT2D eigenvalue weighted by molar-refractivity contribution is 7.20. The van der Waals surface area contributed by atoms with Crippen molar-refractivity contribution >= 4 is 33.3 Å². The number of thiazole rings is 1. The minimum Gasteiger partial charge on any atom is -0.379 e. The van der Waals surface area contributed by atoms with Crippen LogP contribution < -0.4 is 5.32 Å². The molecule has 3 heterocycles. The Hall–Kier alpha value is -1.64. The van der Waals surface area contributed by atoms with Crippen molar-refractivity contribution in [2.75, 3.05) is 31.6 Å². The van der Waals surface area contributed by atoms with Gasteiger partial charge in [-0.15, -0.1) is 0 Å². The number of fused-ring (bicyclic) bond motifs is 1. The van der Waals surface area contributed by atoms with Gasteiger partial charge in [0.15, 0.2) is 16.6 Å². The Labute approximate surface area is 157 Å². The molecule has 1 aliphatic heterocycles. The standard InChI is InChI=1S/C18H25N5O2S/c1-11(24)17-22-15-16(19-12(2)20-18(15)26-17)21-13-3-5-14(6-4-13)23-7-9-25-10-8-23/h13-14H,3-10H2,1-2H3,(H,19,20,21). The minimum atomic E-state index is -0.0253. The molecule has 0 radical (unpaired) electrons. The molecule has 4 rings (SSSR count). The number of morpholine rings is 1. The summed E-state index contributed by atoms with van der Waals surface area (Å²) >= 11 is 1.34. The second-order valence-corrected chi connectivity index (χ2v) is 8.12. The number of nitrogens with zero attached hydrogens (tertiary/aromatic N) is 4. The number of hydrogen-bond donors (Lipinski definition) is 1. The van der Waals surface area contributed by atoms with Crippen LogP contribution in [0.25, 0.3) is 10.3 Å². The molecule has 1 aliphatic carbocycles. The average molecular weight is 375 g/mol. The maximum Gasteiger partial charge on any atom is 0.188 e. The van der Waals surface area contributed by atoms with Gasteiger partial charge in [0.1, 0.15) is 16.2 Å². The SMILES string of the molecule is CC(=O)c1nc2c(NC3CCC(N4CCOCC4)CC3)nc(C)nc2s1. The number of nitrogens with one attached hydrogen (secondary N) is 1. The molecule has 1 N–H and O–H groups in total. The van der Waals surface area contributed by atoms with Gasteiger partial charge in [-0.25, -0.2) is 15.0 Å². The normalized spacial score (nSPS) is 24.7. The van der Waals surface area contributed by atoms with Gasteiger partial charge in [0, 0.05) is 32.1 Å². The highest BCUT2D eigenvalue weighted by Gasteiger charge is 2.27. The van der Waals surface area contributed by atoms with Crippen LogP contribution in [0, 0.1) is 6.92 Å². The van der Waals surface area contributed by atoms with Crippen molar-refractivity contribution in [3.63, 3.8) is 0 Å². The summed E-state index contributed by atoms with van der Waals surface area (Å²) in [4.78, 5) is 28.5. The quantitative estimate of drug-likeness (QED) is 0.823. The first-order valence-electron chi connectivity index (χ1n) is 9.34. The van der Waals surface area contributed by atoms with E-state index in [0.717, 1.165) is 55.3 Å². The zero-order valence-corrected chi connectivity index (χ0v) is 16.1. The van der Waals surface area contributed by atoms with Crippen molar-refractivity contribution in [2.24, 2.45) is 0 Å². The molecule has 2 fully saturated rings. The molecule has 0 amide bonds. The number of ketones is 1. The summed E-state index contributed by atoms with van der Waals surface area (Å²) in [5.41, 5.74) is 0.723. The summed E-state index contributed by atoms with van der Waals surface area (Å²) in [7, 11) is 0. The number of ether oxygens (including phenoxy) is 1. The fraction of sp³-hybridized carbons (Fsp3) is 0.667. The van der Waals surface area contributed by atoms with E-state index in [1.54, 1.807) is 0 Å². The number of rotatable bonds is 4. The molecule has 1 saturated carbocycles. The third kappa shape index (κ3) is 3.72. The van der Waals surface area contributed by atoms with Crippen molar-refractivity contribution in [3.8, 4) is 0 Å². The Morgan fingerprint density at radius 3 is 2.58 bits per heavy atom. The summed E-state index contributed by atoms with van der Waals surface area (Å²) in [6.45, 7) is 7.25. The van der Waals surface area contributed by atoms with E-state index < -0.39 is 0 Å². The summed E-state index contributed by atoms with van der Waals surface area (Å²) in [6.07, 6.45) is 4.63. The molecule has 140 valence electrons. The summed E-state index contributed by atoms with van der Waals surface area (Å²) in [5, 5.41) is 4.08. The third-order valence-corrected chi connectivity index (χ3v) is 6.32. The molecule has 0 unspecified atom stereocenters. The van der Waals surface area contributed by atoms with Gasteiger partial charge in [-0.1, -0.05) is 11.3 Å². The lowest BCUT2D eigenvalue weighted by Crippen LogP contribution is -2.46. The molecular weight excluding hydrogens is 350 g/mol. The van der Waals surface area contributed by atoms with Crippen LogP contribution in [-0.4, -0.2) is 64.0 Å². The number of hydrogen-bond acceptors (Lipinski definition) is 8. The molecule has 0 spiro atoms. The average Bonchev–Trinajstić information content (AvgIpc) is 3.08. The minimum absolute atomic E-state index is 0.0253. The van der Waals surface area contributed by atoms with E-state index in [0.29, 0.717) is 22.9 Å². The molecule has 0 aromatic carbocycles. The van der Waals surface area contributed by atoms with Crippen LogP contribution in [0.5, 0.6) is 0 Å². The predicted molar refractivity (Wildman–Crippen MR) is 102 cm³/mol. The Morgan fingerprint density at radius 1 is 1.15 bits per heavy atom. The smallest absolute Gasteiger partial charge is 0.188 e. The van der Waals surface area contributed by atoms with Crippen LogP contribution in [-0.2, 0) is 4.74 Å². The maximum atomic E-state index is 11.7. The van der Waals surface area contributed by atoms with E-state index in [1.807, 2.05) is 6.92 Å². The summed E-state index contributed by atoms with van der Waals surface area (Å²) < 4.78 is 5.46. The van der Waals surface area contributed by atoms with Crippen molar-refractivity contribution < 1.29 is 9.53 Å². The van der Waals surface area contributed by atoms with Crippen LogP contribution in [0.4, 0.5) is 5.82 Å². The van der Waals surface area contributed by atoms with Gasteiger partial charge in [-0.2, -0.15) is 0 Å². The first kappa shape index (κ1) is 17.8. The molecule has 7 nitrogen and oxygen atoms in total. The molecule has 0 bridgehead atoms. The first-order chi connectivity index (χ1) is 12.6. The van der Waals surface area contributed by atoms with E-state index in [2.05, 4.69) is 25.2 Å². The summed E-state index contributed by atoms with van der Waals surface area (Å²) in [6, 6.07) is 1.07. The topological polar surface area (TPSA) is 80.2 Å². The van der Waals surface area contributed by atoms with E-state index in [1.165, 1.54) is 31.1 Å². The molecule has 2 aromatic rings. The molecule has 1 saturated heterocycles. The van der Waals surface area contributed by atoms with Crippen molar-refractivity contribution in [2.45, 2.75) is 51.6 Å². The molecular formula is C18H25N5O2S. The largest absolute Gasteiger partial charge is 0.379 e. The van der Waals surface area contributed by atoms with Crippen LogP contribution in [0.1, 0.15) is 48.2 Å². The van der Waals surface area contributed by atoms with E-state index in [-0.39, 0.29) is 5.78 Å². The van der Waals surface area contributed by atoms with Gasteiger partial charge in [0.25, 0.3) is 0 Å². The fourth-order valence-corrected chi connectivity index (χ4v) is 4.78. The summed E-state index contributed by atoms with van der Waals surface area (Å²) in [5.74, 6) is 1.45. The molecule has 2 aliphatic rings. The van der Waals surface area contributed by atoms with Gasteiger partial charge in [-0.05, 0) is 32.6 Å². The maximum absolute atomic E-state index is 11.7. The second kappa shape index (κ2) is 7.54. The van der Waals surface area contributed by atoms with Gasteiger partial charge in [0.2, 0.25) is 0 Å². The highest BCUT2D eigenvalue weighted by Crippen LogP contribution is 2.30. The van der Waals surface area contributed by atoms with E-state index >= 15 is 0 Å². The monoisotopic (exact) mass is 375 g/mol. The third-order valence-electron chi connectivity index (χ3n) is 5.27. The lowest BCUT2D eigenvalue weighted by Gasteiger charge is -2.39. The van der Waals surface area contributed by atoms with Crippen LogP contribution >= 0.6 is 11.3 Å². The van der Waals surface area contributed by atoms with Crippen LogP contribution in [0.3, 0.4) is 0 Å². The molecule has 26 heavy (non-hydrogen) atoms. The second-order valence-electron chi connectivity index (χ2n) is 7.15. The fourth-order valence-electron chi connectivity index (χ4n) is 3.90. The Kier molecular flexibility index (Phi) is 5.15. The van der Waals surface area contributed by atoms with Crippen LogP contribution in [0.2, 0.25) is 0 Å². The van der Waals surface area contributed by atoms with Gasteiger partial charge in [-0.3, -0.25) is 9.69 Å². The zero-order valence-electron chi connectivity index (χ0n) is 15.3. The molecule has 8 heteroatoms. The predicted octanol–water partition coefficient (Wildman–Crippen LogP) is 2.65. The van der Waals surface area contributed by atoms with Crippen molar-refractivity contribution in [1.82, 2.24) is 19.9 Å². The molecule has 2 aromatic heterocycles. The Morgan fingerprint density at radius 2 is 1.88 bits per heavy atom. The van der Waals surface area contributed by atoms with Crippen LogP contribution in [0.15, 0.2) is 0 Å². The first-order valence-corrected chi connectivity index (χ1v) is 10.2. The number of anilines is 1. The lowest BCUT2D eigenvalue weighted by atomic mass is 9.90. The zero-order chi connectivity index (χ0) is 18.1. The number of carbonyl (C=O) groups is 1. The van der Waals surface area contributed by atoms with Gasteiger partial charge >= 0.3 is 0 Å². The molecule has 0 atom stereocenters. The number of aryl methyl sites for hydroxylation is 1. The number of carbonyl (C=O) groups excluding carboxylic acids is 1. The van der Waals surface area contributed by atoms with Crippen molar-refractivity contribution in [1.29, 1.82) is 0 Å². The van der Waals surface area contributed by atoms with Gasteiger partial charge in [0.05, 0.1) is 13.2 Å². The Bertz CT molecular complexity index is 794. The van der Waals surface area contributed by atoms with Gasteiger partial charge < -0.3 is 10.1 Å². The number of Topliss-reactive ketones (excluding diaryl/α,β-unsaturated/α-hetero) is 1. The Balaban J connectivity index is 1.45. The van der Waals surface area contributed by atoms with Crippen molar-refractivity contribution in [3.05, 3.63) is 10.8 Å².